The lowest BCUT2D eigenvalue weighted by molar-refractivity contribution is 0.478. The summed E-state index contributed by atoms with van der Waals surface area (Å²) in [6.45, 7) is 5.61. The summed E-state index contributed by atoms with van der Waals surface area (Å²) in [6.07, 6.45) is 7.66. The second kappa shape index (κ2) is 9.41. The third-order valence-electron chi connectivity index (χ3n) is 3.27. The smallest absolute Gasteiger partial charge is 0.0406 e. The molecule has 0 saturated carbocycles. The fraction of sp³-hybridized carbons (Fsp3) is 0.625. The summed E-state index contributed by atoms with van der Waals surface area (Å²) in [4.78, 5) is 0. The van der Waals surface area contributed by atoms with Crippen molar-refractivity contribution in [3.8, 4) is 0 Å². The molecule has 1 aromatic carbocycles. The molecule has 102 valence electrons. The van der Waals surface area contributed by atoms with E-state index < -0.39 is 0 Å². The van der Waals surface area contributed by atoms with Crippen molar-refractivity contribution in [3.63, 3.8) is 0 Å². The molecule has 0 bridgehead atoms. The van der Waals surface area contributed by atoms with Gasteiger partial charge in [0.25, 0.3) is 0 Å². The lowest BCUT2D eigenvalue weighted by Gasteiger charge is -2.18. The summed E-state index contributed by atoms with van der Waals surface area (Å²) in [7, 11) is 0. The third kappa shape index (κ3) is 5.88. The SMILES string of the molecule is CCCCCCNC(CCC)c1ccc(Cl)cc1. The quantitative estimate of drug-likeness (QED) is 0.595. The first-order valence-corrected chi connectivity index (χ1v) is 7.64. The predicted molar refractivity (Wildman–Crippen MR) is 81.2 cm³/mol. The van der Waals surface area contributed by atoms with E-state index in [0.29, 0.717) is 6.04 Å². The first-order chi connectivity index (χ1) is 8.77. The lowest BCUT2D eigenvalue weighted by atomic mass is 10.0. The molecular weight excluding hydrogens is 242 g/mol. The first kappa shape index (κ1) is 15.5. The number of rotatable bonds is 9. The Kier molecular flexibility index (Phi) is 8.11. The number of hydrogen-bond acceptors (Lipinski definition) is 1. The van der Waals surface area contributed by atoms with Gasteiger partial charge in [-0.1, -0.05) is 63.3 Å². The van der Waals surface area contributed by atoms with Gasteiger partial charge in [-0.3, -0.25) is 0 Å². The second-order valence-electron chi connectivity index (χ2n) is 4.91. The minimum atomic E-state index is 0.480. The van der Waals surface area contributed by atoms with Crippen molar-refractivity contribution in [2.75, 3.05) is 6.54 Å². The van der Waals surface area contributed by atoms with Gasteiger partial charge in [0.1, 0.15) is 0 Å². The van der Waals surface area contributed by atoms with Crippen LogP contribution in [0.25, 0.3) is 0 Å². The van der Waals surface area contributed by atoms with Crippen molar-refractivity contribution in [1.29, 1.82) is 0 Å². The van der Waals surface area contributed by atoms with Crippen molar-refractivity contribution in [3.05, 3.63) is 34.9 Å². The van der Waals surface area contributed by atoms with Crippen molar-refractivity contribution in [2.45, 2.75) is 58.4 Å². The normalized spacial score (nSPS) is 12.6. The number of halogens is 1. The molecule has 0 aromatic heterocycles. The molecule has 1 rings (SSSR count). The minimum Gasteiger partial charge on any atom is -0.310 e. The van der Waals surface area contributed by atoms with Crippen LogP contribution in [0.2, 0.25) is 5.02 Å². The van der Waals surface area contributed by atoms with Gasteiger partial charge in [0.05, 0.1) is 0 Å². The van der Waals surface area contributed by atoms with Gasteiger partial charge in [0.15, 0.2) is 0 Å². The standard InChI is InChI=1S/C16H26ClN/c1-3-5-6-7-13-18-16(8-4-2)14-9-11-15(17)12-10-14/h9-12,16,18H,3-8,13H2,1-2H3. The van der Waals surface area contributed by atoms with Crippen molar-refractivity contribution < 1.29 is 0 Å². The van der Waals surface area contributed by atoms with Crippen molar-refractivity contribution in [2.24, 2.45) is 0 Å². The van der Waals surface area contributed by atoms with E-state index in [1.54, 1.807) is 0 Å². The largest absolute Gasteiger partial charge is 0.310 e. The summed E-state index contributed by atoms with van der Waals surface area (Å²) in [5.41, 5.74) is 1.36. The van der Waals surface area contributed by atoms with Crippen LogP contribution in [0.4, 0.5) is 0 Å². The van der Waals surface area contributed by atoms with Gasteiger partial charge in [-0.25, -0.2) is 0 Å². The molecule has 2 heteroatoms. The van der Waals surface area contributed by atoms with Gasteiger partial charge in [-0.2, -0.15) is 0 Å². The van der Waals surface area contributed by atoms with E-state index in [0.717, 1.165) is 11.6 Å². The highest BCUT2D eigenvalue weighted by molar-refractivity contribution is 6.30. The highest BCUT2D eigenvalue weighted by Crippen LogP contribution is 2.20. The molecule has 0 amide bonds. The van der Waals surface area contributed by atoms with E-state index in [4.69, 9.17) is 11.6 Å². The van der Waals surface area contributed by atoms with Crippen LogP contribution in [0.3, 0.4) is 0 Å². The van der Waals surface area contributed by atoms with Gasteiger partial charge in [0.2, 0.25) is 0 Å². The van der Waals surface area contributed by atoms with Crippen molar-refractivity contribution in [1.82, 2.24) is 5.32 Å². The Bertz CT molecular complexity index is 307. The van der Waals surface area contributed by atoms with E-state index >= 15 is 0 Å². The summed E-state index contributed by atoms with van der Waals surface area (Å²) in [5.74, 6) is 0. The maximum atomic E-state index is 5.93. The van der Waals surface area contributed by atoms with Crippen LogP contribution in [0.5, 0.6) is 0 Å². The Morgan fingerprint density at radius 1 is 1.00 bits per heavy atom. The number of nitrogens with one attached hydrogen (secondary N) is 1. The maximum Gasteiger partial charge on any atom is 0.0406 e. The van der Waals surface area contributed by atoms with Crippen LogP contribution in [-0.2, 0) is 0 Å². The topological polar surface area (TPSA) is 12.0 Å². The molecule has 0 radical (unpaired) electrons. The monoisotopic (exact) mass is 267 g/mol. The summed E-state index contributed by atoms with van der Waals surface area (Å²) in [5, 5.41) is 4.49. The summed E-state index contributed by atoms with van der Waals surface area (Å²) >= 11 is 5.93. The fourth-order valence-electron chi connectivity index (χ4n) is 2.20. The number of benzene rings is 1. The molecular formula is C16H26ClN. The van der Waals surface area contributed by atoms with Crippen LogP contribution in [0.1, 0.15) is 64.0 Å². The van der Waals surface area contributed by atoms with Crippen molar-refractivity contribution >= 4 is 11.6 Å². The molecule has 1 atom stereocenters. The summed E-state index contributed by atoms with van der Waals surface area (Å²) in [6, 6.07) is 8.73. The average molecular weight is 268 g/mol. The van der Waals surface area contributed by atoms with E-state index in [1.165, 1.54) is 44.1 Å². The molecule has 0 aliphatic carbocycles. The van der Waals surface area contributed by atoms with Crippen LogP contribution >= 0.6 is 11.6 Å². The molecule has 1 nitrogen and oxygen atoms in total. The Hall–Kier alpha value is -0.530. The lowest BCUT2D eigenvalue weighted by Crippen LogP contribution is -2.22. The number of unbranched alkanes of at least 4 members (excludes halogenated alkanes) is 3. The zero-order chi connectivity index (χ0) is 13.2. The molecule has 0 spiro atoms. The Morgan fingerprint density at radius 3 is 2.33 bits per heavy atom. The summed E-state index contributed by atoms with van der Waals surface area (Å²) < 4.78 is 0. The fourth-order valence-corrected chi connectivity index (χ4v) is 2.32. The van der Waals surface area contributed by atoms with Crippen LogP contribution in [0.15, 0.2) is 24.3 Å². The highest BCUT2D eigenvalue weighted by Gasteiger charge is 2.09. The van der Waals surface area contributed by atoms with Crippen LogP contribution < -0.4 is 5.32 Å². The van der Waals surface area contributed by atoms with E-state index in [1.807, 2.05) is 12.1 Å². The predicted octanol–water partition coefficient (Wildman–Crippen LogP) is 5.35. The molecule has 1 N–H and O–H groups in total. The van der Waals surface area contributed by atoms with Gasteiger partial charge < -0.3 is 5.32 Å². The average Bonchev–Trinajstić information content (AvgIpc) is 2.38. The zero-order valence-corrected chi connectivity index (χ0v) is 12.5. The highest BCUT2D eigenvalue weighted by atomic mass is 35.5. The third-order valence-corrected chi connectivity index (χ3v) is 3.52. The Balaban J connectivity index is 2.41. The molecule has 0 aliphatic rings. The van der Waals surface area contributed by atoms with Gasteiger partial charge in [0, 0.05) is 11.1 Å². The number of hydrogen-bond donors (Lipinski definition) is 1. The van der Waals surface area contributed by atoms with Crippen LogP contribution in [-0.4, -0.2) is 6.54 Å². The van der Waals surface area contributed by atoms with E-state index in [-0.39, 0.29) is 0 Å². The molecule has 0 heterocycles. The molecule has 1 unspecified atom stereocenters. The van der Waals surface area contributed by atoms with Gasteiger partial charge >= 0.3 is 0 Å². The minimum absolute atomic E-state index is 0.480. The molecule has 0 saturated heterocycles. The molecule has 1 aromatic rings. The van der Waals surface area contributed by atoms with E-state index in [9.17, 15) is 0 Å². The molecule has 0 fully saturated rings. The maximum absolute atomic E-state index is 5.93. The second-order valence-corrected chi connectivity index (χ2v) is 5.34. The zero-order valence-electron chi connectivity index (χ0n) is 11.7. The Labute approximate surface area is 117 Å². The molecule has 18 heavy (non-hydrogen) atoms. The van der Waals surface area contributed by atoms with Gasteiger partial charge in [-0.15, -0.1) is 0 Å². The van der Waals surface area contributed by atoms with E-state index in [2.05, 4.69) is 31.3 Å². The van der Waals surface area contributed by atoms with Gasteiger partial charge in [-0.05, 0) is 37.1 Å². The van der Waals surface area contributed by atoms with Crippen LogP contribution in [0, 0.1) is 0 Å². The molecule has 0 aliphatic heterocycles. The first-order valence-electron chi connectivity index (χ1n) is 7.26. The Morgan fingerprint density at radius 2 is 1.72 bits per heavy atom.